The second-order valence-corrected chi connectivity index (χ2v) is 4.97. The van der Waals surface area contributed by atoms with E-state index in [2.05, 4.69) is 60.5 Å². The first kappa shape index (κ1) is 13.8. The predicted molar refractivity (Wildman–Crippen MR) is 80.0 cm³/mol. The van der Waals surface area contributed by atoms with Gasteiger partial charge in [0.1, 0.15) is 0 Å². The number of hydrogen-bond donors (Lipinski definition) is 1. The van der Waals surface area contributed by atoms with Crippen molar-refractivity contribution >= 4 is 0 Å². The van der Waals surface area contributed by atoms with E-state index in [0.717, 1.165) is 12.8 Å². The zero-order valence-corrected chi connectivity index (χ0v) is 11.7. The van der Waals surface area contributed by atoms with Crippen LogP contribution in [0.3, 0.4) is 0 Å². The molecule has 1 aromatic carbocycles. The molecule has 0 bridgehead atoms. The van der Waals surface area contributed by atoms with Crippen LogP contribution in [0.1, 0.15) is 37.4 Å². The molecule has 0 fully saturated rings. The Labute approximate surface area is 115 Å². The van der Waals surface area contributed by atoms with Gasteiger partial charge in [-0.2, -0.15) is 0 Å². The summed E-state index contributed by atoms with van der Waals surface area (Å²) in [6.45, 7) is 4.43. The Balaban J connectivity index is 1.96. The van der Waals surface area contributed by atoms with Crippen molar-refractivity contribution in [3.8, 4) is 0 Å². The van der Waals surface area contributed by atoms with Crippen molar-refractivity contribution in [3.05, 3.63) is 66.0 Å². The highest BCUT2D eigenvalue weighted by atomic mass is 14.9. The fourth-order valence-corrected chi connectivity index (χ4v) is 2.30. The van der Waals surface area contributed by atoms with Gasteiger partial charge in [-0.1, -0.05) is 43.3 Å². The molecule has 0 aliphatic rings. The maximum Gasteiger partial charge on any atom is 0.0315 e. The summed E-state index contributed by atoms with van der Waals surface area (Å²) in [5, 5.41) is 3.69. The number of pyridine rings is 1. The molecule has 0 aliphatic carbocycles. The molecule has 2 unspecified atom stereocenters. The van der Waals surface area contributed by atoms with Crippen LogP contribution in [-0.4, -0.2) is 11.0 Å². The van der Waals surface area contributed by atoms with Gasteiger partial charge in [0.2, 0.25) is 0 Å². The predicted octanol–water partition coefficient (Wildman–Crippen LogP) is 3.75. The van der Waals surface area contributed by atoms with Crippen molar-refractivity contribution < 1.29 is 0 Å². The van der Waals surface area contributed by atoms with E-state index in [9.17, 15) is 0 Å². The highest BCUT2D eigenvalue weighted by Crippen LogP contribution is 2.14. The Morgan fingerprint density at radius 2 is 1.89 bits per heavy atom. The maximum absolute atomic E-state index is 4.18. The van der Waals surface area contributed by atoms with Crippen molar-refractivity contribution in [2.24, 2.45) is 0 Å². The highest BCUT2D eigenvalue weighted by Gasteiger charge is 2.12. The Hall–Kier alpha value is -1.67. The van der Waals surface area contributed by atoms with Crippen molar-refractivity contribution in [3.63, 3.8) is 0 Å². The van der Waals surface area contributed by atoms with Crippen molar-refractivity contribution in [2.75, 3.05) is 0 Å². The highest BCUT2D eigenvalue weighted by molar-refractivity contribution is 5.17. The van der Waals surface area contributed by atoms with E-state index in [4.69, 9.17) is 0 Å². The fraction of sp³-hybridized carbons (Fsp3) is 0.353. The van der Waals surface area contributed by atoms with Gasteiger partial charge in [0, 0.05) is 24.5 Å². The standard InChI is InChI=1S/C17H22N2/c1-3-17(12-15-8-5-4-6-9-15)19-14(2)16-10-7-11-18-13-16/h4-11,13-14,17,19H,3,12H2,1-2H3. The minimum absolute atomic E-state index is 0.336. The van der Waals surface area contributed by atoms with Crippen LogP contribution in [-0.2, 0) is 6.42 Å². The van der Waals surface area contributed by atoms with Gasteiger partial charge < -0.3 is 5.32 Å². The number of benzene rings is 1. The number of nitrogens with zero attached hydrogens (tertiary/aromatic N) is 1. The van der Waals surface area contributed by atoms with Gasteiger partial charge in [-0.3, -0.25) is 4.98 Å². The molecule has 2 heteroatoms. The van der Waals surface area contributed by atoms with E-state index >= 15 is 0 Å². The smallest absolute Gasteiger partial charge is 0.0315 e. The van der Waals surface area contributed by atoms with Crippen LogP contribution in [0.4, 0.5) is 0 Å². The molecule has 19 heavy (non-hydrogen) atoms. The average Bonchev–Trinajstić information content (AvgIpc) is 2.48. The van der Waals surface area contributed by atoms with E-state index in [-0.39, 0.29) is 0 Å². The van der Waals surface area contributed by atoms with Crippen LogP contribution < -0.4 is 5.32 Å². The number of aromatic nitrogens is 1. The molecule has 1 N–H and O–H groups in total. The van der Waals surface area contributed by atoms with Crippen LogP contribution in [0.2, 0.25) is 0 Å². The van der Waals surface area contributed by atoms with Gasteiger partial charge in [-0.25, -0.2) is 0 Å². The molecule has 0 aliphatic heterocycles. The summed E-state index contributed by atoms with van der Waals surface area (Å²) >= 11 is 0. The minimum atomic E-state index is 0.336. The first-order chi connectivity index (χ1) is 9.29. The van der Waals surface area contributed by atoms with Crippen LogP contribution in [0.5, 0.6) is 0 Å². The molecular weight excluding hydrogens is 232 g/mol. The van der Waals surface area contributed by atoms with E-state index in [1.165, 1.54) is 11.1 Å². The molecule has 0 saturated heterocycles. The Bertz CT molecular complexity index is 467. The zero-order valence-electron chi connectivity index (χ0n) is 11.7. The Morgan fingerprint density at radius 3 is 2.53 bits per heavy atom. The lowest BCUT2D eigenvalue weighted by Gasteiger charge is -2.22. The van der Waals surface area contributed by atoms with E-state index < -0.39 is 0 Å². The molecular formula is C17H22N2. The third-order valence-corrected chi connectivity index (χ3v) is 3.49. The van der Waals surface area contributed by atoms with Gasteiger partial charge in [-0.15, -0.1) is 0 Å². The lowest BCUT2D eigenvalue weighted by atomic mass is 10.0. The minimum Gasteiger partial charge on any atom is -0.307 e. The first-order valence-corrected chi connectivity index (χ1v) is 6.99. The molecule has 2 nitrogen and oxygen atoms in total. The van der Waals surface area contributed by atoms with Crippen molar-refractivity contribution in [2.45, 2.75) is 38.8 Å². The normalized spacial score (nSPS) is 14.0. The zero-order chi connectivity index (χ0) is 13.5. The van der Waals surface area contributed by atoms with Crippen molar-refractivity contribution in [1.82, 2.24) is 10.3 Å². The van der Waals surface area contributed by atoms with E-state index in [1.807, 2.05) is 18.5 Å². The first-order valence-electron chi connectivity index (χ1n) is 6.99. The Kier molecular flexibility index (Phi) is 5.10. The molecule has 0 saturated carbocycles. The number of hydrogen-bond acceptors (Lipinski definition) is 2. The lowest BCUT2D eigenvalue weighted by Crippen LogP contribution is -2.32. The summed E-state index contributed by atoms with van der Waals surface area (Å²) in [6, 6.07) is 15.6. The maximum atomic E-state index is 4.18. The topological polar surface area (TPSA) is 24.9 Å². The quantitative estimate of drug-likeness (QED) is 0.849. The number of rotatable bonds is 6. The fourth-order valence-electron chi connectivity index (χ4n) is 2.30. The summed E-state index contributed by atoms with van der Waals surface area (Å²) in [7, 11) is 0. The van der Waals surface area contributed by atoms with Crippen LogP contribution in [0, 0.1) is 0 Å². The largest absolute Gasteiger partial charge is 0.307 e. The second kappa shape index (κ2) is 7.05. The molecule has 2 aromatic rings. The molecule has 100 valence electrons. The molecule has 1 heterocycles. The molecule has 1 aromatic heterocycles. The van der Waals surface area contributed by atoms with Crippen molar-refractivity contribution in [1.29, 1.82) is 0 Å². The van der Waals surface area contributed by atoms with E-state index in [1.54, 1.807) is 0 Å². The Morgan fingerprint density at radius 1 is 1.11 bits per heavy atom. The molecule has 2 rings (SSSR count). The third-order valence-electron chi connectivity index (χ3n) is 3.49. The van der Waals surface area contributed by atoms with Gasteiger partial charge >= 0.3 is 0 Å². The monoisotopic (exact) mass is 254 g/mol. The van der Waals surface area contributed by atoms with Gasteiger partial charge in [0.05, 0.1) is 0 Å². The molecule has 0 spiro atoms. The summed E-state index contributed by atoms with van der Waals surface area (Å²) < 4.78 is 0. The summed E-state index contributed by atoms with van der Waals surface area (Å²) in [5.74, 6) is 0. The van der Waals surface area contributed by atoms with Gasteiger partial charge in [0.25, 0.3) is 0 Å². The third kappa shape index (κ3) is 4.18. The lowest BCUT2D eigenvalue weighted by molar-refractivity contribution is 0.439. The average molecular weight is 254 g/mol. The second-order valence-electron chi connectivity index (χ2n) is 4.97. The van der Waals surface area contributed by atoms with Crippen LogP contribution in [0.15, 0.2) is 54.9 Å². The summed E-state index contributed by atoms with van der Waals surface area (Å²) in [5.41, 5.74) is 2.63. The van der Waals surface area contributed by atoms with Gasteiger partial charge in [0.15, 0.2) is 0 Å². The van der Waals surface area contributed by atoms with E-state index in [0.29, 0.717) is 12.1 Å². The summed E-state index contributed by atoms with van der Waals surface area (Å²) in [6.07, 6.45) is 5.95. The summed E-state index contributed by atoms with van der Waals surface area (Å²) in [4.78, 5) is 4.18. The molecule has 0 amide bonds. The van der Waals surface area contributed by atoms with Crippen LogP contribution in [0.25, 0.3) is 0 Å². The number of nitrogens with one attached hydrogen (secondary N) is 1. The SMILES string of the molecule is CCC(Cc1ccccc1)NC(C)c1cccnc1. The van der Waals surface area contributed by atoms with Crippen LogP contribution >= 0.6 is 0 Å². The molecule has 2 atom stereocenters. The van der Waals surface area contributed by atoms with Gasteiger partial charge in [-0.05, 0) is 37.0 Å². The molecule has 0 radical (unpaired) electrons.